The number of pyridine rings is 1. The Labute approximate surface area is 108 Å². The summed E-state index contributed by atoms with van der Waals surface area (Å²) in [5.41, 5.74) is 4.04. The number of rotatable bonds is 4. The molecule has 18 heavy (non-hydrogen) atoms. The van der Waals surface area contributed by atoms with Crippen LogP contribution in [-0.4, -0.2) is 15.2 Å². The van der Waals surface area contributed by atoms with E-state index in [1.807, 2.05) is 12.4 Å². The first-order valence-electron chi connectivity index (χ1n) is 6.83. The van der Waals surface area contributed by atoms with Crippen molar-refractivity contribution >= 4 is 0 Å². The van der Waals surface area contributed by atoms with Crippen molar-refractivity contribution in [1.29, 1.82) is 0 Å². The molecular weight excluding hydrogens is 222 g/mol. The second kappa shape index (κ2) is 5.34. The van der Waals surface area contributed by atoms with Crippen LogP contribution in [0.4, 0.5) is 0 Å². The molecule has 1 aliphatic rings. The molecule has 2 aromatic rings. The second-order valence-corrected chi connectivity index (χ2v) is 5.19. The van der Waals surface area contributed by atoms with E-state index in [1.165, 1.54) is 49.1 Å². The molecule has 1 N–H and O–H groups in total. The Morgan fingerprint density at radius 3 is 3.17 bits per heavy atom. The van der Waals surface area contributed by atoms with Gasteiger partial charge in [0, 0.05) is 23.8 Å². The molecule has 0 aliphatic heterocycles. The van der Waals surface area contributed by atoms with E-state index < -0.39 is 0 Å². The Morgan fingerprint density at radius 1 is 1.28 bits per heavy atom. The number of nitrogens with one attached hydrogen (secondary N) is 1. The van der Waals surface area contributed by atoms with Gasteiger partial charge in [0.15, 0.2) is 0 Å². The van der Waals surface area contributed by atoms with Crippen molar-refractivity contribution in [2.75, 3.05) is 0 Å². The van der Waals surface area contributed by atoms with Gasteiger partial charge in [-0.05, 0) is 62.1 Å². The lowest BCUT2D eigenvalue weighted by molar-refractivity contribution is 0.408. The minimum absolute atomic E-state index is 0.815. The highest BCUT2D eigenvalue weighted by Crippen LogP contribution is 2.27. The van der Waals surface area contributed by atoms with Gasteiger partial charge in [-0.25, -0.2) is 0 Å². The number of nitrogens with zero attached hydrogens (tertiary/aromatic N) is 2. The first-order valence-corrected chi connectivity index (χ1v) is 6.83. The predicted molar refractivity (Wildman–Crippen MR) is 71.3 cm³/mol. The van der Waals surface area contributed by atoms with Gasteiger partial charge in [0.2, 0.25) is 0 Å². The summed E-state index contributed by atoms with van der Waals surface area (Å²) in [4.78, 5) is 4.51. The van der Waals surface area contributed by atoms with Gasteiger partial charge >= 0.3 is 0 Å². The molecule has 1 aliphatic carbocycles. The molecule has 0 bridgehead atoms. The summed E-state index contributed by atoms with van der Waals surface area (Å²) in [5, 5.41) is 7.01. The Balaban J connectivity index is 1.51. The van der Waals surface area contributed by atoms with Crippen LogP contribution in [0.1, 0.15) is 36.2 Å². The summed E-state index contributed by atoms with van der Waals surface area (Å²) in [7, 11) is 0. The van der Waals surface area contributed by atoms with Crippen LogP contribution in [0.5, 0.6) is 0 Å². The van der Waals surface area contributed by atoms with Crippen LogP contribution in [0, 0.1) is 5.92 Å². The van der Waals surface area contributed by atoms with Crippen LogP contribution < -0.4 is 0 Å². The molecule has 94 valence electrons. The maximum absolute atomic E-state index is 4.51. The molecule has 0 fully saturated rings. The summed E-state index contributed by atoms with van der Waals surface area (Å²) in [6.45, 7) is 0. The Kier molecular flexibility index (Phi) is 3.40. The monoisotopic (exact) mass is 241 g/mol. The maximum atomic E-state index is 4.51. The summed E-state index contributed by atoms with van der Waals surface area (Å²) < 4.78 is 0. The highest BCUT2D eigenvalue weighted by atomic mass is 15.1. The van der Waals surface area contributed by atoms with Gasteiger partial charge in [-0.3, -0.25) is 10.1 Å². The smallest absolute Gasteiger partial charge is 0.0490 e. The molecule has 0 saturated heterocycles. The van der Waals surface area contributed by atoms with Crippen molar-refractivity contribution in [3.05, 3.63) is 47.5 Å². The highest BCUT2D eigenvalue weighted by molar-refractivity contribution is 5.22. The molecule has 3 rings (SSSR count). The van der Waals surface area contributed by atoms with Crippen LogP contribution in [-0.2, 0) is 19.3 Å². The zero-order valence-corrected chi connectivity index (χ0v) is 10.6. The fourth-order valence-corrected chi connectivity index (χ4v) is 2.87. The second-order valence-electron chi connectivity index (χ2n) is 5.19. The quantitative estimate of drug-likeness (QED) is 0.894. The largest absolute Gasteiger partial charge is 0.283 e. The van der Waals surface area contributed by atoms with Crippen molar-refractivity contribution < 1.29 is 0 Å². The minimum Gasteiger partial charge on any atom is -0.283 e. The third-order valence-corrected chi connectivity index (χ3v) is 3.91. The van der Waals surface area contributed by atoms with Gasteiger partial charge in [-0.2, -0.15) is 5.10 Å². The third-order valence-electron chi connectivity index (χ3n) is 3.91. The van der Waals surface area contributed by atoms with Gasteiger partial charge in [-0.15, -0.1) is 0 Å². The summed E-state index contributed by atoms with van der Waals surface area (Å²) >= 11 is 0. The fraction of sp³-hybridized carbons (Fsp3) is 0.467. The normalized spacial score (nSPS) is 18.6. The molecule has 0 spiro atoms. The van der Waals surface area contributed by atoms with Crippen molar-refractivity contribution in [2.45, 2.75) is 38.5 Å². The number of aryl methyl sites for hydroxylation is 2. The predicted octanol–water partition coefficient (Wildman–Crippen LogP) is 2.93. The first kappa shape index (κ1) is 11.5. The average molecular weight is 241 g/mol. The molecule has 0 amide bonds. The van der Waals surface area contributed by atoms with E-state index in [9.17, 15) is 0 Å². The van der Waals surface area contributed by atoms with Gasteiger partial charge < -0.3 is 0 Å². The fourth-order valence-electron chi connectivity index (χ4n) is 2.87. The highest BCUT2D eigenvalue weighted by Gasteiger charge is 2.18. The molecule has 3 heteroatoms. The van der Waals surface area contributed by atoms with Gasteiger partial charge in [-0.1, -0.05) is 6.07 Å². The van der Waals surface area contributed by atoms with Crippen molar-refractivity contribution in [3.63, 3.8) is 0 Å². The number of hydrogen-bond acceptors (Lipinski definition) is 2. The zero-order chi connectivity index (χ0) is 12.2. The number of H-pyrrole nitrogens is 1. The van der Waals surface area contributed by atoms with Crippen LogP contribution in [0.25, 0.3) is 0 Å². The van der Waals surface area contributed by atoms with E-state index in [0.29, 0.717) is 0 Å². The lowest BCUT2D eigenvalue weighted by Gasteiger charge is -2.23. The van der Waals surface area contributed by atoms with E-state index in [1.54, 1.807) is 0 Å². The summed E-state index contributed by atoms with van der Waals surface area (Å²) in [5.74, 6) is 0.815. The molecule has 0 saturated carbocycles. The molecule has 3 nitrogen and oxygen atoms in total. The standard InChI is InChI=1S/C15H19N3/c1(5-14-8-10-17-18-14)3-12-6-7-13-4-2-9-16-15(13)11-12/h2,4,8-10,12H,1,3,5-7,11H2,(H,17,18)/t12-/m0/s1. The number of fused-ring (bicyclic) bond motifs is 1. The summed E-state index contributed by atoms with van der Waals surface area (Å²) in [6.07, 6.45) is 11.1. The number of aromatic nitrogens is 3. The van der Waals surface area contributed by atoms with Gasteiger partial charge in [0.05, 0.1) is 0 Å². The Bertz CT molecular complexity index is 490. The lowest BCUT2D eigenvalue weighted by Crippen LogP contribution is -2.15. The number of aromatic amines is 1. The molecule has 0 aromatic carbocycles. The lowest BCUT2D eigenvalue weighted by atomic mass is 9.84. The van der Waals surface area contributed by atoms with E-state index in [0.717, 1.165) is 12.3 Å². The molecule has 2 heterocycles. The Hall–Kier alpha value is -1.64. The average Bonchev–Trinajstić information content (AvgIpc) is 2.92. The van der Waals surface area contributed by atoms with Crippen LogP contribution in [0.2, 0.25) is 0 Å². The van der Waals surface area contributed by atoms with E-state index >= 15 is 0 Å². The van der Waals surface area contributed by atoms with E-state index in [2.05, 4.69) is 33.4 Å². The topological polar surface area (TPSA) is 41.6 Å². The van der Waals surface area contributed by atoms with E-state index in [-0.39, 0.29) is 0 Å². The number of hydrogen-bond donors (Lipinski definition) is 1. The molecule has 0 radical (unpaired) electrons. The van der Waals surface area contributed by atoms with Crippen molar-refractivity contribution in [2.24, 2.45) is 5.92 Å². The summed E-state index contributed by atoms with van der Waals surface area (Å²) in [6, 6.07) is 6.35. The first-order chi connectivity index (χ1) is 8.92. The molecule has 1 atom stereocenters. The van der Waals surface area contributed by atoms with Crippen LogP contribution in [0.3, 0.4) is 0 Å². The van der Waals surface area contributed by atoms with Crippen molar-refractivity contribution in [1.82, 2.24) is 15.2 Å². The molecule has 0 unspecified atom stereocenters. The third kappa shape index (κ3) is 2.61. The van der Waals surface area contributed by atoms with Gasteiger partial charge in [0.25, 0.3) is 0 Å². The van der Waals surface area contributed by atoms with Gasteiger partial charge in [0.1, 0.15) is 0 Å². The SMILES string of the molecule is c1cnc2c(c1)CC[C@H](CCCc1ccn[nH]1)C2. The van der Waals surface area contributed by atoms with Crippen molar-refractivity contribution in [3.8, 4) is 0 Å². The molecular formula is C15H19N3. The minimum atomic E-state index is 0.815. The zero-order valence-electron chi connectivity index (χ0n) is 10.6. The van der Waals surface area contributed by atoms with E-state index in [4.69, 9.17) is 0 Å². The maximum Gasteiger partial charge on any atom is 0.0490 e. The molecule has 2 aromatic heterocycles. The Morgan fingerprint density at radius 2 is 2.28 bits per heavy atom. The van der Waals surface area contributed by atoms with Crippen LogP contribution in [0.15, 0.2) is 30.6 Å². The van der Waals surface area contributed by atoms with Crippen LogP contribution >= 0.6 is 0 Å².